The highest BCUT2D eigenvalue weighted by atomic mass is 14.9. The van der Waals surface area contributed by atoms with Gasteiger partial charge in [0.1, 0.15) is 0 Å². The molecule has 1 rings (SSSR count). The predicted molar refractivity (Wildman–Crippen MR) is 68.5 cm³/mol. The summed E-state index contributed by atoms with van der Waals surface area (Å²) < 4.78 is 0. The maximum absolute atomic E-state index is 8.39. The largest absolute Gasteiger partial charge is 0.385 e. The van der Waals surface area contributed by atoms with Crippen LogP contribution in [-0.4, -0.2) is 6.54 Å². The second kappa shape index (κ2) is 6.90. The second-order valence-electron chi connectivity index (χ2n) is 4.32. The van der Waals surface area contributed by atoms with Gasteiger partial charge in [-0.2, -0.15) is 5.26 Å². The molecule has 2 nitrogen and oxygen atoms in total. The van der Waals surface area contributed by atoms with Gasteiger partial charge in [-0.1, -0.05) is 26.0 Å². The van der Waals surface area contributed by atoms with E-state index in [1.165, 1.54) is 11.3 Å². The van der Waals surface area contributed by atoms with Gasteiger partial charge in [0.15, 0.2) is 0 Å². The standard InChI is InChI=1S/C14H20N2/c1-12(2)13-6-8-14(9-7-13)16-11-5-3-4-10-15/h6-9,12,16H,3-5,11H2,1-2H3. The van der Waals surface area contributed by atoms with Gasteiger partial charge in [0.25, 0.3) is 0 Å². The summed E-state index contributed by atoms with van der Waals surface area (Å²) in [4.78, 5) is 0. The summed E-state index contributed by atoms with van der Waals surface area (Å²) in [6.07, 6.45) is 2.70. The summed E-state index contributed by atoms with van der Waals surface area (Å²) >= 11 is 0. The number of benzene rings is 1. The van der Waals surface area contributed by atoms with E-state index in [0.29, 0.717) is 12.3 Å². The fraction of sp³-hybridized carbons (Fsp3) is 0.500. The highest BCUT2D eigenvalue weighted by Crippen LogP contribution is 2.17. The minimum atomic E-state index is 0.588. The summed E-state index contributed by atoms with van der Waals surface area (Å²) in [5.74, 6) is 0.588. The molecule has 0 saturated heterocycles. The number of nitrogens with zero attached hydrogens (tertiary/aromatic N) is 1. The van der Waals surface area contributed by atoms with Gasteiger partial charge < -0.3 is 5.32 Å². The number of rotatable bonds is 6. The molecule has 0 bridgehead atoms. The highest BCUT2D eigenvalue weighted by Gasteiger charge is 1.98. The first-order chi connectivity index (χ1) is 7.74. The van der Waals surface area contributed by atoms with Crippen molar-refractivity contribution in [1.82, 2.24) is 0 Å². The van der Waals surface area contributed by atoms with E-state index < -0.39 is 0 Å². The van der Waals surface area contributed by atoms with E-state index in [1.807, 2.05) is 0 Å². The molecule has 1 N–H and O–H groups in total. The van der Waals surface area contributed by atoms with Crippen LogP contribution >= 0.6 is 0 Å². The molecular formula is C14H20N2. The Morgan fingerprint density at radius 2 is 1.88 bits per heavy atom. The van der Waals surface area contributed by atoms with Gasteiger partial charge in [-0.3, -0.25) is 0 Å². The molecule has 0 saturated carbocycles. The van der Waals surface area contributed by atoms with E-state index in [2.05, 4.69) is 49.5 Å². The summed E-state index contributed by atoms with van der Waals surface area (Å²) in [7, 11) is 0. The van der Waals surface area contributed by atoms with Crippen molar-refractivity contribution in [3.8, 4) is 6.07 Å². The minimum Gasteiger partial charge on any atom is -0.385 e. The summed E-state index contributed by atoms with van der Waals surface area (Å²) in [5, 5.41) is 11.8. The van der Waals surface area contributed by atoms with Crippen LogP contribution in [0, 0.1) is 11.3 Å². The Kier molecular flexibility index (Phi) is 5.42. The van der Waals surface area contributed by atoms with E-state index in [4.69, 9.17) is 5.26 Å². The molecule has 0 radical (unpaired) electrons. The summed E-state index contributed by atoms with van der Waals surface area (Å²) in [6, 6.07) is 10.7. The van der Waals surface area contributed by atoms with Crippen LogP contribution in [0.5, 0.6) is 0 Å². The van der Waals surface area contributed by atoms with Crippen LogP contribution in [0.15, 0.2) is 24.3 Å². The lowest BCUT2D eigenvalue weighted by molar-refractivity contribution is 0.784. The molecule has 16 heavy (non-hydrogen) atoms. The minimum absolute atomic E-state index is 0.588. The average Bonchev–Trinajstić information content (AvgIpc) is 2.29. The number of nitrogens with one attached hydrogen (secondary N) is 1. The average molecular weight is 216 g/mol. The molecule has 0 aliphatic rings. The van der Waals surface area contributed by atoms with Crippen molar-refractivity contribution in [2.45, 2.75) is 39.0 Å². The first-order valence-corrected chi connectivity index (χ1v) is 5.95. The van der Waals surface area contributed by atoms with Crippen molar-refractivity contribution < 1.29 is 0 Å². The van der Waals surface area contributed by atoms with Crippen LogP contribution in [-0.2, 0) is 0 Å². The number of unbranched alkanes of at least 4 members (excludes halogenated alkanes) is 2. The molecule has 86 valence electrons. The van der Waals surface area contributed by atoms with Gasteiger partial charge in [0, 0.05) is 18.7 Å². The lowest BCUT2D eigenvalue weighted by atomic mass is 10.0. The zero-order valence-corrected chi connectivity index (χ0v) is 10.2. The predicted octanol–water partition coefficient (Wildman–Crippen LogP) is 3.92. The Morgan fingerprint density at radius 3 is 2.44 bits per heavy atom. The van der Waals surface area contributed by atoms with Crippen molar-refractivity contribution in [1.29, 1.82) is 5.26 Å². The first-order valence-electron chi connectivity index (χ1n) is 5.95. The van der Waals surface area contributed by atoms with Crippen molar-refractivity contribution in [2.24, 2.45) is 0 Å². The topological polar surface area (TPSA) is 35.8 Å². The van der Waals surface area contributed by atoms with Crippen LogP contribution in [0.2, 0.25) is 0 Å². The van der Waals surface area contributed by atoms with Crippen molar-refractivity contribution in [3.05, 3.63) is 29.8 Å². The third-order valence-electron chi connectivity index (χ3n) is 2.62. The van der Waals surface area contributed by atoms with Crippen molar-refractivity contribution in [2.75, 3.05) is 11.9 Å². The Labute approximate surface area is 98.3 Å². The quantitative estimate of drug-likeness (QED) is 0.732. The fourth-order valence-electron chi connectivity index (χ4n) is 1.55. The number of anilines is 1. The molecule has 2 heteroatoms. The Hall–Kier alpha value is -1.49. The molecule has 0 spiro atoms. The van der Waals surface area contributed by atoms with Crippen LogP contribution in [0.3, 0.4) is 0 Å². The van der Waals surface area contributed by atoms with Crippen molar-refractivity contribution >= 4 is 5.69 Å². The lowest BCUT2D eigenvalue weighted by Gasteiger charge is -2.08. The van der Waals surface area contributed by atoms with Crippen LogP contribution < -0.4 is 5.32 Å². The van der Waals surface area contributed by atoms with Gasteiger partial charge >= 0.3 is 0 Å². The van der Waals surface area contributed by atoms with E-state index in [0.717, 1.165) is 19.4 Å². The summed E-state index contributed by atoms with van der Waals surface area (Å²) in [6.45, 7) is 5.34. The van der Waals surface area contributed by atoms with Gasteiger partial charge in [-0.15, -0.1) is 0 Å². The van der Waals surface area contributed by atoms with Gasteiger partial charge in [0.05, 0.1) is 6.07 Å². The molecule has 0 aliphatic heterocycles. The zero-order valence-electron chi connectivity index (χ0n) is 10.2. The highest BCUT2D eigenvalue weighted by molar-refractivity contribution is 5.44. The van der Waals surface area contributed by atoms with Crippen LogP contribution in [0.25, 0.3) is 0 Å². The molecule has 1 aromatic carbocycles. The normalized spacial score (nSPS) is 10.1. The molecule has 0 heterocycles. The SMILES string of the molecule is CC(C)c1ccc(NCCCCC#N)cc1. The van der Waals surface area contributed by atoms with Gasteiger partial charge in [-0.05, 0) is 36.5 Å². The van der Waals surface area contributed by atoms with Crippen LogP contribution in [0.1, 0.15) is 44.6 Å². The maximum Gasteiger partial charge on any atom is 0.0621 e. The third kappa shape index (κ3) is 4.35. The smallest absolute Gasteiger partial charge is 0.0621 e. The van der Waals surface area contributed by atoms with E-state index in [-0.39, 0.29) is 0 Å². The van der Waals surface area contributed by atoms with E-state index in [1.54, 1.807) is 0 Å². The third-order valence-corrected chi connectivity index (χ3v) is 2.62. The molecule has 0 aliphatic carbocycles. The lowest BCUT2D eigenvalue weighted by Crippen LogP contribution is -2.01. The van der Waals surface area contributed by atoms with E-state index >= 15 is 0 Å². The van der Waals surface area contributed by atoms with E-state index in [9.17, 15) is 0 Å². The number of hydrogen-bond donors (Lipinski definition) is 1. The van der Waals surface area contributed by atoms with Crippen LogP contribution in [0.4, 0.5) is 5.69 Å². The summed E-state index contributed by atoms with van der Waals surface area (Å²) in [5.41, 5.74) is 2.54. The molecule has 0 aromatic heterocycles. The number of nitriles is 1. The molecule has 0 fully saturated rings. The second-order valence-corrected chi connectivity index (χ2v) is 4.32. The Balaban J connectivity index is 2.30. The molecule has 0 atom stereocenters. The maximum atomic E-state index is 8.39. The zero-order chi connectivity index (χ0) is 11.8. The number of hydrogen-bond acceptors (Lipinski definition) is 2. The fourth-order valence-corrected chi connectivity index (χ4v) is 1.55. The molecule has 1 aromatic rings. The Morgan fingerprint density at radius 1 is 1.19 bits per heavy atom. The van der Waals surface area contributed by atoms with Crippen molar-refractivity contribution in [3.63, 3.8) is 0 Å². The molecule has 0 amide bonds. The van der Waals surface area contributed by atoms with Gasteiger partial charge in [0.2, 0.25) is 0 Å². The molecule has 0 unspecified atom stereocenters. The first kappa shape index (κ1) is 12.6. The van der Waals surface area contributed by atoms with Gasteiger partial charge in [-0.25, -0.2) is 0 Å². The Bertz CT molecular complexity index is 333. The molecular weight excluding hydrogens is 196 g/mol. The monoisotopic (exact) mass is 216 g/mol.